The molecule has 2 rings (SSSR count). The first-order valence-electron chi connectivity index (χ1n) is 10.7. The predicted molar refractivity (Wildman–Crippen MR) is 131 cm³/mol. The molecule has 166 valence electrons. The number of hydrogen-bond donors (Lipinski definition) is 2. The molecule has 7 heteroatoms. The first kappa shape index (κ1) is 26.1. The largest absolute Gasteiger partial charge is 0.389 e. The van der Waals surface area contributed by atoms with Gasteiger partial charge in [0.15, 0.2) is 5.96 Å². The van der Waals surface area contributed by atoms with Crippen LogP contribution < -0.4 is 5.32 Å². The summed E-state index contributed by atoms with van der Waals surface area (Å²) in [5, 5.41) is 13.6. The van der Waals surface area contributed by atoms with Crippen molar-refractivity contribution in [3.63, 3.8) is 0 Å². The zero-order valence-electron chi connectivity index (χ0n) is 18.2. The van der Waals surface area contributed by atoms with Crippen molar-refractivity contribution in [2.45, 2.75) is 39.9 Å². The van der Waals surface area contributed by atoms with Crippen LogP contribution in [0.2, 0.25) is 0 Å². The zero-order chi connectivity index (χ0) is 20.2. The van der Waals surface area contributed by atoms with E-state index in [0.29, 0.717) is 25.7 Å². The summed E-state index contributed by atoms with van der Waals surface area (Å²) in [7, 11) is 0. The normalized spacial score (nSPS) is 18.0. The molecule has 1 aliphatic heterocycles. The van der Waals surface area contributed by atoms with Crippen LogP contribution in [0.5, 0.6) is 0 Å². The van der Waals surface area contributed by atoms with Crippen LogP contribution in [0.3, 0.4) is 0 Å². The second-order valence-corrected chi connectivity index (χ2v) is 7.44. The van der Waals surface area contributed by atoms with E-state index in [-0.39, 0.29) is 24.0 Å². The van der Waals surface area contributed by atoms with Gasteiger partial charge in [-0.15, -0.1) is 24.0 Å². The van der Waals surface area contributed by atoms with Crippen molar-refractivity contribution in [2.24, 2.45) is 10.9 Å². The van der Waals surface area contributed by atoms with E-state index in [9.17, 15) is 5.11 Å². The fraction of sp³-hybridized carbons (Fsp3) is 0.682. The summed E-state index contributed by atoms with van der Waals surface area (Å²) < 4.78 is 5.63. The third-order valence-electron chi connectivity index (χ3n) is 5.20. The Morgan fingerprint density at radius 2 is 2.00 bits per heavy atom. The number of ether oxygens (including phenoxy) is 1. The molecule has 1 saturated heterocycles. The molecular formula is C22H39IN4O2. The van der Waals surface area contributed by atoms with Crippen LogP contribution in [0.4, 0.5) is 0 Å². The third-order valence-corrected chi connectivity index (χ3v) is 5.20. The fourth-order valence-corrected chi connectivity index (χ4v) is 3.58. The van der Waals surface area contributed by atoms with Gasteiger partial charge in [-0.3, -0.25) is 4.99 Å². The van der Waals surface area contributed by atoms with Gasteiger partial charge in [-0.05, 0) is 37.9 Å². The van der Waals surface area contributed by atoms with E-state index >= 15 is 0 Å². The van der Waals surface area contributed by atoms with Gasteiger partial charge in [-0.1, -0.05) is 44.2 Å². The highest BCUT2D eigenvalue weighted by Gasteiger charge is 2.26. The molecule has 29 heavy (non-hydrogen) atoms. The minimum absolute atomic E-state index is 0. The molecule has 0 aromatic heterocycles. The molecule has 2 unspecified atom stereocenters. The first-order valence-corrected chi connectivity index (χ1v) is 10.7. The average Bonchev–Trinajstić information content (AvgIpc) is 3.18. The highest BCUT2D eigenvalue weighted by atomic mass is 127. The number of likely N-dealkylation sites (tertiary alicyclic amines) is 1. The highest BCUT2D eigenvalue weighted by Crippen LogP contribution is 2.17. The van der Waals surface area contributed by atoms with Crippen LogP contribution in [-0.4, -0.2) is 79.4 Å². The lowest BCUT2D eigenvalue weighted by atomic mass is 10.1. The number of halogens is 1. The van der Waals surface area contributed by atoms with Gasteiger partial charge in [0.05, 0.1) is 25.9 Å². The maximum Gasteiger partial charge on any atom is 0.194 e. The Kier molecular flexibility index (Phi) is 13.5. The van der Waals surface area contributed by atoms with Crippen LogP contribution in [0.25, 0.3) is 0 Å². The van der Waals surface area contributed by atoms with E-state index in [1.165, 1.54) is 6.42 Å². The van der Waals surface area contributed by atoms with Gasteiger partial charge in [0.2, 0.25) is 0 Å². The summed E-state index contributed by atoms with van der Waals surface area (Å²) in [6, 6.07) is 10.0. The Labute approximate surface area is 193 Å². The van der Waals surface area contributed by atoms with E-state index in [1.807, 2.05) is 30.3 Å². The zero-order valence-corrected chi connectivity index (χ0v) is 20.5. The monoisotopic (exact) mass is 518 g/mol. The minimum atomic E-state index is -0.591. The Morgan fingerprint density at radius 3 is 2.66 bits per heavy atom. The Bertz CT molecular complexity index is 569. The number of rotatable bonds is 11. The van der Waals surface area contributed by atoms with Gasteiger partial charge in [-0.2, -0.15) is 0 Å². The molecule has 1 aliphatic rings. The average molecular weight is 518 g/mol. The van der Waals surface area contributed by atoms with Gasteiger partial charge in [0.25, 0.3) is 0 Å². The standard InChI is InChI=1S/C22H38N4O2.HI/c1-4-23-22(26-13-12-20(16-26)15-25(5-2)6-3)24-14-21(27)18-28-17-19-10-8-7-9-11-19;/h7-11,20-21,27H,4-6,12-18H2,1-3H3,(H,23,24);1H. The van der Waals surface area contributed by atoms with Crippen LogP contribution in [0.15, 0.2) is 35.3 Å². The van der Waals surface area contributed by atoms with Crippen molar-refractivity contribution in [1.29, 1.82) is 0 Å². The second kappa shape index (κ2) is 15.0. The Morgan fingerprint density at radius 1 is 1.28 bits per heavy atom. The van der Waals surface area contributed by atoms with Crippen molar-refractivity contribution in [1.82, 2.24) is 15.1 Å². The molecule has 0 radical (unpaired) electrons. The molecule has 2 atom stereocenters. The molecule has 0 spiro atoms. The fourth-order valence-electron chi connectivity index (χ4n) is 3.58. The van der Waals surface area contributed by atoms with E-state index in [4.69, 9.17) is 4.74 Å². The number of aliphatic hydroxyl groups is 1. The van der Waals surface area contributed by atoms with E-state index in [1.54, 1.807) is 0 Å². The lowest BCUT2D eigenvalue weighted by Gasteiger charge is -2.24. The summed E-state index contributed by atoms with van der Waals surface area (Å²) in [4.78, 5) is 9.48. The minimum Gasteiger partial charge on any atom is -0.389 e. The van der Waals surface area contributed by atoms with E-state index in [2.05, 4.69) is 40.9 Å². The molecule has 2 N–H and O–H groups in total. The molecule has 6 nitrogen and oxygen atoms in total. The smallest absolute Gasteiger partial charge is 0.194 e. The molecule has 0 bridgehead atoms. The number of aliphatic imine (C=N–C) groups is 1. The Balaban J connectivity index is 0.00000420. The van der Waals surface area contributed by atoms with Crippen molar-refractivity contribution in [3.05, 3.63) is 35.9 Å². The summed E-state index contributed by atoms with van der Waals surface area (Å²) in [5.41, 5.74) is 1.11. The van der Waals surface area contributed by atoms with Gasteiger partial charge in [-0.25, -0.2) is 0 Å². The van der Waals surface area contributed by atoms with Crippen LogP contribution in [0, 0.1) is 5.92 Å². The molecule has 1 aromatic rings. The Hall–Kier alpha value is -0.900. The van der Waals surface area contributed by atoms with E-state index < -0.39 is 6.10 Å². The lowest BCUT2D eigenvalue weighted by molar-refractivity contribution is 0.0330. The number of guanidine groups is 1. The van der Waals surface area contributed by atoms with Crippen molar-refractivity contribution < 1.29 is 9.84 Å². The summed E-state index contributed by atoms with van der Waals surface area (Å²) in [5.74, 6) is 1.59. The third kappa shape index (κ3) is 9.63. The lowest BCUT2D eigenvalue weighted by Crippen LogP contribution is -2.41. The maximum atomic E-state index is 10.2. The molecule has 1 aromatic carbocycles. The summed E-state index contributed by atoms with van der Waals surface area (Å²) >= 11 is 0. The molecule has 0 aliphatic carbocycles. The predicted octanol–water partition coefficient (Wildman–Crippen LogP) is 2.81. The van der Waals surface area contributed by atoms with Crippen molar-refractivity contribution in [2.75, 3.05) is 52.4 Å². The van der Waals surface area contributed by atoms with Gasteiger partial charge in [0.1, 0.15) is 0 Å². The maximum absolute atomic E-state index is 10.2. The molecule has 0 amide bonds. The SMILES string of the molecule is CCNC(=NCC(O)COCc1ccccc1)N1CCC(CN(CC)CC)C1.I. The number of aliphatic hydroxyl groups excluding tert-OH is 1. The van der Waals surface area contributed by atoms with Crippen molar-refractivity contribution >= 4 is 29.9 Å². The molecule has 1 heterocycles. The topological polar surface area (TPSA) is 60.3 Å². The number of benzene rings is 1. The van der Waals surface area contributed by atoms with Crippen LogP contribution in [0.1, 0.15) is 32.8 Å². The van der Waals surface area contributed by atoms with E-state index in [0.717, 1.165) is 50.8 Å². The van der Waals surface area contributed by atoms with Crippen LogP contribution >= 0.6 is 24.0 Å². The van der Waals surface area contributed by atoms with Gasteiger partial charge in [0, 0.05) is 26.2 Å². The van der Waals surface area contributed by atoms with Gasteiger partial charge < -0.3 is 25.0 Å². The quantitative estimate of drug-likeness (QED) is 0.268. The number of nitrogens with one attached hydrogen (secondary N) is 1. The second-order valence-electron chi connectivity index (χ2n) is 7.44. The molecule has 1 fully saturated rings. The number of hydrogen-bond acceptors (Lipinski definition) is 4. The molecule has 0 saturated carbocycles. The van der Waals surface area contributed by atoms with Gasteiger partial charge >= 0.3 is 0 Å². The molecular weight excluding hydrogens is 479 g/mol. The first-order chi connectivity index (χ1) is 13.7. The van der Waals surface area contributed by atoms with Crippen LogP contribution in [-0.2, 0) is 11.3 Å². The summed E-state index contributed by atoms with van der Waals surface area (Å²) in [6.45, 7) is 13.9. The highest BCUT2D eigenvalue weighted by molar-refractivity contribution is 14.0. The summed E-state index contributed by atoms with van der Waals surface area (Å²) in [6.07, 6.45) is 0.607. The number of nitrogens with zero attached hydrogens (tertiary/aromatic N) is 3. The van der Waals surface area contributed by atoms with Crippen molar-refractivity contribution in [3.8, 4) is 0 Å².